The van der Waals surface area contributed by atoms with E-state index in [2.05, 4.69) is 21.0 Å². The number of methoxy groups -OCH3 is 1. The Balaban J connectivity index is 0.00000220. The van der Waals surface area contributed by atoms with Gasteiger partial charge in [-0.05, 0) is 29.5 Å². The van der Waals surface area contributed by atoms with E-state index in [1.807, 2.05) is 30.3 Å². The van der Waals surface area contributed by atoms with Gasteiger partial charge >= 0.3 is 0 Å². The third-order valence-corrected chi connectivity index (χ3v) is 3.49. The Labute approximate surface area is 138 Å². The van der Waals surface area contributed by atoms with Gasteiger partial charge in [0.15, 0.2) is 11.5 Å². The molecule has 6 heteroatoms. The largest absolute Gasteiger partial charge is 0.493 e. The number of ether oxygens (including phenoxy) is 2. The van der Waals surface area contributed by atoms with Crippen molar-refractivity contribution in [3.63, 3.8) is 0 Å². The van der Waals surface area contributed by atoms with Gasteiger partial charge in [0.25, 0.3) is 0 Å². The molecule has 0 saturated carbocycles. The van der Waals surface area contributed by atoms with Crippen LogP contribution in [0.5, 0.6) is 11.5 Å². The topological polar surface area (TPSA) is 56.8 Å². The molecule has 2 rings (SSSR count). The van der Waals surface area contributed by atoms with E-state index in [4.69, 9.17) is 15.3 Å². The predicted molar refractivity (Wildman–Crippen MR) is 93.4 cm³/mol. The van der Waals surface area contributed by atoms with Gasteiger partial charge < -0.3 is 15.3 Å². The standard InChI is InChI=1S/C15H17BrN2O2.ClH/c1-19-14-6-5-12-4-3-11(10-18-17)9-13(12)15(14)20-8-2-7-16;/h3-6,9-10H,2,7-8,17H2,1H3;1H. The molecule has 0 spiro atoms. The van der Waals surface area contributed by atoms with E-state index in [1.54, 1.807) is 13.3 Å². The molecule has 2 aromatic rings. The van der Waals surface area contributed by atoms with Crippen molar-refractivity contribution in [2.24, 2.45) is 10.9 Å². The average Bonchev–Trinajstić information content (AvgIpc) is 2.48. The summed E-state index contributed by atoms with van der Waals surface area (Å²) in [6.45, 7) is 0.635. The van der Waals surface area contributed by atoms with Crippen LogP contribution < -0.4 is 15.3 Å². The molecule has 0 heterocycles. The van der Waals surface area contributed by atoms with Crippen LogP contribution >= 0.6 is 28.3 Å². The molecule has 0 saturated heterocycles. The van der Waals surface area contributed by atoms with Gasteiger partial charge in [-0.25, -0.2) is 0 Å². The number of hydrogen-bond donors (Lipinski definition) is 1. The summed E-state index contributed by atoms with van der Waals surface area (Å²) < 4.78 is 11.3. The van der Waals surface area contributed by atoms with Crippen LogP contribution in [0.1, 0.15) is 12.0 Å². The van der Waals surface area contributed by atoms with Crippen LogP contribution in [0.2, 0.25) is 0 Å². The molecule has 0 radical (unpaired) electrons. The molecule has 0 aliphatic carbocycles. The maximum Gasteiger partial charge on any atom is 0.168 e. The number of hydrogen-bond acceptors (Lipinski definition) is 4. The van der Waals surface area contributed by atoms with E-state index in [-0.39, 0.29) is 12.4 Å². The molecule has 0 fully saturated rings. The summed E-state index contributed by atoms with van der Waals surface area (Å²) in [5.74, 6) is 6.70. The Kier molecular flexibility index (Phi) is 7.32. The fraction of sp³-hybridized carbons (Fsp3) is 0.267. The summed E-state index contributed by atoms with van der Waals surface area (Å²) in [4.78, 5) is 0. The van der Waals surface area contributed by atoms with Gasteiger partial charge in [-0.15, -0.1) is 12.4 Å². The Morgan fingerprint density at radius 1 is 1.29 bits per heavy atom. The zero-order valence-corrected chi connectivity index (χ0v) is 14.1. The molecule has 0 aliphatic rings. The maximum absolute atomic E-state index is 5.88. The smallest absolute Gasteiger partial charge is 0.168 e. The third kappa shape index (κ3) is 4.25. The first-order valence-corrected chi connectivity index (χ1v) is 7.45. The van der Waals surface area contributed by atoms with Crippen LogP contribution in [0, 0.1) is 0 Å². The number of fused-ring (bicyclic) bond motifs is 1. The van der Waals surface area contributed by atoms with Crippen molar-refractivity contribution < 1.29 is 9.47 Å². The highest BCUT2D eigenvalue weighted by molar-refractivity contribution is 9.09. The summed E-state index contributed by atoms with van der Waals surface area (Å²) in [7, 11) is 1.64. The van der Waals surface area contributed by atoms with Gasteiger partial charge in [-0.3, -0.25) is 0 Å². The quantitative estimate of drug-likeness (QED) is 0.276. The Bertz CT molecular complexity index is 620. The molecular weight excluding hydrogens is 356 g/mol. The number of nitrogens with two attached hydrogens (primary N) is 1. The van der Waals surface area contributed by atoms with E-state index in [0.29, 0.717) is 6.61 Å². The van der Waals surface area contributed by atoms with Gasteiger partial charge in [0.1, 0.15) is 0 Å². The SMILES string of the molecule is COc1ccc2ccc(C=NN)cc2c1OCCCBr.Cl. The van der Waals surface area contributed by atoms with Crippen LogP contribution in [-0.2, 0) is 0 Å². The lowest BCUT2D eigenvalue weighted by Crippen LogP contribution is -2.00. The molecule has 0 aliphatic heterocycles. The molecule has 0 aromatic heterocycles. The monoisotopic (exact) mass is 372 g/mol. The minimum absolute atomic E-state index is 0. The number of rotatable bonds is 6. The minimum Gasteiger partial charge on any atom is -0.493 e. The normalized spacial score (nSPS) is 10.6. The zero-order valence-electron chi connectivity index (χ0n) is 11.7. The van der Waals surface area contributed by atoms with E-state index < -0.39 is 0 Å². The van der Waals surface area contributed by atoms with Gasteiger partial charge in [-0.2, -0.15) is 5.10 Å². The summed E-state index contributed by atoms with van der Waals surface area (Å²) in [6, 6.07) is 9.91. The number of hydrazone groups is 1. The molecular formula is C15H18BrClN2O2. The molecule has 2 N–H and O–H groups in total. The summed E-state index contributed by atoms with van der Waals surface area (Å²) in [5, 5.41) is 6.55. The van der Waals surface area contributed by atoms with Crippen molar-refractivity contribution in [2.45, 2.75) is 6.42 Å². The molecule has 114 valence electrons. The molecule has 0 bridgehead atoms. The first-order chi connectivity index (χ1) is 9.80. The van der Waals surface area contributed by atoms with E-state index >= 15 is 0 Å². The first-order valence-electron chi connectivity index (χ1n) is 6.33. The van der Waals surface area contributed by atoms with Crippen LogP contribution in [-0.4, -0.2) is 25.3 Å². The molecule has 0 unspecified atom stereocenters. The third-order valence-electron chi connectivity index (χ3n) is 2.93. The van der Waals surface area contributed by atoms with Crippen molar-refractivity contribution in [2.75, 3.05) is 19.0 Å². The fourth-order valence-corrected chi connectivity index (χ4v) is 2.22. The molecule has 21 heavy (non-hydrogen) atoms. The first kappa shape index (κ1) is 17.6. The van der Waals surface area contributed by atoms with Gasteiger partial charge in [0, 0.05) is 10.7 Å². The van der Waals surface area contributed by atoms with Crippen molar-refractivity contribution in [1.82, 2.24) is 0 Å². The Morgan fingerprint density at radius 3 is 2.71 bits per heavy atom. The van der Waals surface area contributed by atoms with Crippen LogP contribution in [0.3, 0.4) is 0 Å². The lowest BCUT2D eigenvalue weighted by atomic mass is 10.1. The Morgan fingerprint density at radius 2 is 2.05 bits per heavy atom. The van der Waals surface area contributed by atoms with Crippen LogP contribution in [0.4, 0.5) is 0 Å². The fourth-order valence-electron chi connectivity index (χ4n) is 1.99. The van der Waals surface area contributed by atoms with Crippen LogP contribution in [0.25, 0.3) is 10.8 Å². The molecule has 4 nitrogen and oxygen atoms in total. The zero-order chi connectivity index (χ0) is 14.4. The molecule has 0 amide bonds. The highest BCUT2D eigenvalue weighted by Crippen LogP contribution is 2.36. The second-order valence-corrected chi connectivity index (χ2v) is 5.04. The van der Waals surface area contributed by atoms with Gasteiger partial charge in [0.2, 0.25) is 0 Å². The van der Waals surface area contributed by atoms with E-state index in [9.17, 15) is 0 Å². The summed E-state index contributed by atoms with van der Waals surface area (Å²) in [6.07, 6.45) is 2.55. The predicted octanol–water partition coefficient (Wildman–Crippen LogP) is 3.73. The summed E-state index contributed by atoms with van der Waals surface area (Å²) in [5.41, 5.74) is 0.929. The Hall–Kier alpha value is -1.46. The van der Waals surface area contributed by atoms with E-state index in [1.165, 1.54) is 0 Å². The average molecular weight is 374 g/mol. The lowest BCUT2D eigenvalue weighted by Gasteiger charge is -2.13. The number of alkyl halides is 1. The van der Waals surface area contributed by atoms with Gasteiger partial charge in [-0.1, -0.05) is 34.1 Å². The van der Waals surface area contributed by atoms with Crippen molar-refractivity contribution >= 4 is 45.3 Å². The molecule has 0 atom stereocenters. The van der Waals surface area contributed by atoms with Gasteiger partial charge in [0.05, 0.1) is 19.9 Å². The van der Waals surface area contributed by atoms with E-state index in [0.717, 1.165) is 39.6 Å². The maximum atomic E-state index is 5.88. The van der Waals surface area contributed by atoms with Crippen molar-refractivity contribution in [3.8, 4) is 11.5 Å². The molecule has 2 aromatic carbocycles. The number of nitrogens with zero attached hydrogens (tertiary/aromatic N) is 1. The number of benzene rings is 2. The van der Waals surface area contributed by atoms with Crippen molar-refractivity contribution in [1.29, 1.82) is 0 Å². The number of halogens is 2. The lowest BCUT2D eigenvalue weighted by molar-refractivity contribution is 0.299. The van der Waals surface area contributed by atoms with Crippen LogP contribution in [0.15, 0.2) is 35.4 Å². The second kappa shape index (κ2) is 8.74. The second-order valence-electron chi connectivity index (χ2n) is 4.25. The summed E-state index contributed by atoms with van der Waals surface area (Å²) >= 11 is 3.40. The highest BCUT2D eigenvalue weighted by atomic mass is 79.9. The minimum atomic E-state index is 0. The highest BCUT2D eigenvalue weighted by Gasteiger charge is 2.10. The van der Waals surface area contributed by atoms with Crippen molar-refractivity contribution in [3.05, 3.63) is 35.9 Å².